The van der Waals surface area contributed by atoms with E-state index < -0.39 is 32.1 Å². The maximum Gasteiger partial charge on any atom is 0.325 e. The third kappa shape index (κ3) is 4.27. The van der Waals surface area contributed by atoms with E-state index in [1.165, 1.54) is 24.3 Å². The average Bonchev–Trinajstić information content (AvgIpc) is 2.73. The first-order valence-corrected chi connectivity index (χ1v) is 12.2. The average molecular weight is 453 g/mol. The van der Waals surface area contributed by atoms with Crippen LogP contribution in [0.25, 0.3) is 0 Å². The summed E-state index contributed by atoms with van der Waals surface area (Å²) in [4.78, 5) is 12.5. The summed E-state index contributed by atoms with van der Waals surface area (Å²) in [5.74, 6) is -0.811. The van der Waals surface area contributed by atoms with Gasteiger partial charge >= 0.3 is 5.97 Å². The number of sulfonamides is 2. The van der Waals surface area contributed by atoms with E-state index in [-0.39, 0.29) is 29.4 Å². The predicted octanol–water partition coefficient (Wildman–Crippen LogP) is 1.54. The molecule has 0 bridgehead atoms. The van der Waals surface area contributed by atoms with Gasteiger partial charge < -0.3 is 4.74 Å². The predicted molar refractivity (Wildman–Crippen MR) is 111 cm³/mol. The molecule has 0 aliphatic carbocycles. The lowest BCUT2D eigenvalue weighted by atomic mass is 10.2. The van der Waals surface area contributed by atoms with Crippen molar-refractivity contribution in [2.45, 2.75) is 29.7 Å². The zero-order valence-electron chi connectivity index (χ0n) is 17.0. The summed E-state index contributed by atoms with van der Waals surface area (Å²) in [6.45, 7) is 3.12. The Morgan fingerprint density at radius 2 is 1.30 bits per heavy atom. The first-order valence-electron chi connectivity index (χ1n) is 9.30. The van der Waals surface area contributed by atoms with Gasteiger partial charge in [-0.05, 0) is 38.1 Å². The highest BCUT2D eigenvalue weighted by Crippen LogP contribution is 2.26. The number of carbonyl (C=O) groups is 1. The second kappa shape index (κ2) is 8.46. The van der Waals surface area contributed by atoms with Gasteiger partial charge in [-0.25, -0.2) is 16.8 Å². The summed E-state index contributed by atoms with van der Waals surface area (Å²) >= 11 is 0. The Morgan fingerprint density at radius 1 is 0.833 bits per heavy atom. The summed E-state index contributed by atoms with van der Waals surface area (Å²) in [5.41, 5.74) is 1.81. The molecule has 0 aromatic heterocycles. The second-order valence-corrected chi connectivity index (χ2v) is 11.0. The van der Waals surface area contributed by atoms with Crippen LogP contribution < -0.4 is 0 Å². The number of piperazine rings is 1. The SMILES string of the molecule is COC(=O)[C@H]1CN(S(=O)(=O)c2ccc(C)cc2)CCN1S(=O)(=O)c1ccc(C)cc1. The molecule has 0 amide bonds. The standard InChI is InChI=1S/C20H24N2O6S2/c1-15-4-8-17(9-5-15)29(24,25)21-12-13-22(19(14-21)20(23)28-3)30(26,27)18-10-6-16(2)7-11-18/h4-11,19H,12-14H2,1-3H3/t19-/m1/s1. The van der Waals surface area contributed by atoms with Gasteiger partial charge in [0.15, 0.2) is 0 Å². The first kappa shape index (κ1) is 22.4. The van der Waals surface area contributed by atoms with Crippen molar-refractivity contribution < 1.29 is 26.4 Å². The number of benzene rings is 2. The molecule has 2 aromatic carbocycles. The topological polar surface area (TPSA) is 101 Å². The largest absolute Gasteiger partial charge is 0.468 e. The van der Waals surface area contributed by atoms with Crippen molar-refractivity contribution in [3.8, 4) is 0 Å². The Hall–Kier alpha value is -2.27. The fraction of sp³-hybridized carbons (Fsp3) is 0.350. The molecule has 0 radical (unpaired) electrons. The minimum absolute atomic E-state index is 0.0387. The molecule has 0 saturated carbocycles. The van der Waals surface area contributed by atoms with E-state index in [9.17, 15) is 21.6 Å². The van der Waals surface area contributed by atoms with Crippen molar-refractivity contribution in [2.75, 3.05) is 26.7 Å². The van der Waals surface area contributed by atoms with Gasteiger partial charge in [0.1, 0.15) is 6.04 Å². The van der Waals surface area contributed by atoms with Crippen LogP contribution in [0.4, 0.5) is 0 Å². The van der Waals surface area contributed by atoms with Crippen molar-refractivity contribution in [2.24, 2.45) is 0 Å². The molecule has 30 heavy (non-hydrogen) atoms. The third-order valence-electron chi connectivity index (χ3n) is 5.05. The number of aryl methyl sites for hydroxylation is 2. The van der Waals surface area contributed by atoms with Crippen LogP contribution in [-0.2, 0) is 29.6 Å². The lowest BCUT2D eigenvalue weighted by Gasteiger charge is -2.38. The molecular formula is C20H24N2O6S2. The highest BCUT2D eigenvalue weighted by molar-refractivity contribution is 7.89. The first-order chi connectivity index (χ1) is 14.1. The van der Waals surface area contributed by atoms with E-state index in [2.05, 4.69) is 0 Å². The normalized spacial score (nSPS) is 18.8. The maximum absolute atomic E-state index is 13.1. The van der Waals surface area contributed by atoms with Crippen LogP contribution in [0.5, 0.6) is 0 Å². The van der Waals surface area contributed by atoms with E-state index >= 15 is 0 Å². The zero-order valence-corrected chi connectivity index (χ0v) is 18.6. The molecule has 1 aliphatic rings. The molecule has 0 N–H and O–H groups in total. The summed E-state index contributed by atoms with van der Waals surface area (Å²) < 4.78 is 59.3. The van der Waals surface area contributed by atoms with Crippen LogP contribution in [0.3, 0.4) is 0 Å². The molecule has 10 heteroatoms. The maximum atomic E-state index is 13.1. The van der Waals surface area contributed by atoms with Gasteiger partial charge in [0, 0.05) is 19.6 Å². The summed E-state index contributed by atoms with van der Waals surface area (Å²) in [6.07, 6.45) is 0. The molecule has 1 atom stereocenters. The van der Waals surface area contributed by atoms with Crippen molar-refractivity contribution in [3.05, 3.63) is 59.7 Å². The van der Waals surface area contributed by atoms with Crippen LogP contribution in [0.15, 0.2) is 58.3 Å². The van der Waals surface area contributed by atoms with Crippen molar-refractivity contribution in [3.63, 3.8) is 0 Å². The van der Waals surface area contributed by atoms with Crippen molar-refractivity contribution in [1.82, 2.24) is 8.61 Å². The van der Waals surface area contributed by atoms with E-state index in [1.807, 2.05) is 13.8 Å². The molecular weight excluding hydrogens is 428 g/mol. The number of esters is 1. The lowest BCUT2D eigenvalue weighted by Crippen LogP contribution is -2.59. The minimum atomic E-state index is -4.01. The number of carbonyl (C=O) groups excluding carboxylic acids is 1. The molecule has 2 aromatic rings. The highest BCUT2D eigenvalue weighted by atomic mass is 32.2. The van der Waals surface area contributed by atoms with E-state index in [1.54, 1.807) is 24.3 Å². The van der Waals surface area contributed by atoms with Crippen LogP contribution in [0.2, 0.25) is 0 Å². The minimum Gasteiger partial charge on any atom is -0.468 e. The quantitative estimate of drug-likeness (QED) is 0.638. The molecule has 1 saturated heterocycles. The van der Waals surface area contributed by atoms with Crippen molar-refractivity contribution in [1.29, 1.82) is 0 Å². The molecule has 1 fully saturated rings. The second-order valence-electron chi connectivity index (χ2n) is 7.14. The Labute approximate surface area is 177 Å². The summed E-state index contributed by atoms with van der Waals surface area (Å²) in [6, 6.07) is 11.3. The fourth-order valence-electron chi connectivity index (χ4n) is 3.28. The Bertz CT molecular complexity index is 1130. The van der Waals surface area contributed by atoms with Crippen LogP contribution >= 0.6 is 0 Å². The van der Waals surface area contributed by atoms with Crippen LogP contribution in [-0.4, -0.2) is 64.2 Å². The number of hydrogen-bond acceptors (Lipinski definition) is 6. The van der Waals surface area contributed by atoms with E-state index in [0.29, 0.717) is 0 Å². The lowest BCUT2D eigenvalue weighted by molar-refractivity contribution is -0.146. The van der Waals surface area contributed by atoms with Gasteiger partial charge in [0.2, 0.25) is 20.0 Å². The van der Waals surface area contributed by atoms with Crippen molar-refractivity contribution >= 4 is 26.0 Å². The summed E-state index contributed by atoms with van der Waals surface area (Å²) in [5, 5.41) is 0. The van der Waals surface area contributed by atoms with Gasteiger partial charge in [-0.2, -0.15) is 8.61 Å². The van der Waals surface area contributed by atoms with Gasteiger partial charge in [0.05, 0.1) is 16.9 Å². The molecule has 1 heterocycles. The van der Waals surface area contributed by atoms with E-state index in [0.717, 1.165) is 26.8 Å². The van der Waals surface area contributed by atoms with Gasteiger partial charge in [-0.15, -0.1) is 0 Å². The number of hydrogen-bond donors (Lipinski definition) is 0. The molecule has 3 rings (SSSR count). The number of nitrogens with zero attached hydrogens (tertiary/aromatic N) is 2. The highest BCUT2D eigenvalue weighted by Gasteiger charge is 2.44. The Balaban J connectivity index is 1.94. The monoisotopic (exact) mass is 452 g/mol. The molecule has 8 nitrogen and oxygen atoms in total. The Morgan fingerprint density at radius 3 is 1.77 bits per heavy atom. The molecule has 162 valence electrons. The smallest absolute Gasteiger partial charge is 0.325 e. The van der Waals surface area contributed by atoms with Crippen LogP contribution in [0.1, 0.15) is 11.1 Å². The van der Waals surface area contributed by atoms with Crippen LogP contribution in [0, 0.1) is 13.8 Å². The van der Waals surface area contributed by atoms with Gasteiger partial charge in [-0.1, -0.05) is 35.4 Å². The van der Waals surface area contributed by atoms with Gasteiger partial charge in [-0.3, -0.25) is 4.79 Å². The molecule has 0 unspecified atom stereocenters. The van der Waals surface area contributed by atoms with E-state index in [4.69, 9.17) is 4.74 Å². The number of methoxy groups -OCH3 is 1. The number of rotatable bonds is 5. The number of ether oxygens (including phenoxy) is 1. The zero-order chi connectivity index (χ0) is 22.1. The molecule has 0 spiro atoms. The molecule has 1 aliphatic heterocycles. The Kier molecular flexibility index (Phi) is 6.32. The fourth-order valence-corrected chi connectivity index (χ4v) is 6.28. The third-order valence-corrected chi connectivity index (χ3v) is 8.86. The summed E-state index contributed by atoms with van der Waals surface area (Å²) in [7, 11) is -6.75. The van der Waals surface area contributed by atoms with Gasteiger partial charge in [0.25, 0.3) is 0 Å².